The molecule has 0 aliphatic heterocycles. The minimum atomic E-state index is -0.154. The molecule has 5 heteroatoms. The summed E-state index contributed by atoms with van der Waals surface area (Å²) in [6, 6.07) is 1.69. The zero-order valence-electron chi connectivity index (χ0n) is 10.8. The van der Waals surface area contributed by atoms with Crippen LogP contribution in [-0.4, -0.2) is 43.1 Å². The predicted octanol–water partition coefficient (Wildman–Crippen LogP) is 1.31. The van der Waals surface area contributed by atoms with Crippen molar-refractivity contribution in [3.05, 3.63) is 17.5 Å². The van der Waals surface area contributed by atoms with Crippen molar-refractivity contribution in [1.82, 2.24) is 15.4 Å². The molecule has 0 fully saturated rings. The highest BCUT2D eigenvalue weighted by molar-refractivity contribution is 5.92. The van der Waals surface area contributed by atoms with Crippen molar-refractivity contribution in [2.45, 2.75) is 26.2 Å². The average molecular weight is 239 g/mol. The third kappa shape index (κ3) is 4.99. The molecule has 0 radical (unpaired) electrons. The van der Waals surface area contributed by atoms with Gasteiger partial charge in [-0.3, -0.25) is 4.79 Å². The molecule has 0 spiro atoms. The van der Waals surface area contributed by atoms with Crippen LogP contribution >= 0.6 is 0 Å². The van der Waals surface area contributed by atoms with Gasteiger partial charge in [-0.25, -0.2) is 0 Å². The van der Waals surface area contributed by atoms with E-state index in [0.717, 1.165) is 31.6 Å². The first-order chi connectivity index (χ1) is 8.13. The van der Waals surface area contributed by atoms with Crippen LogP contribution in [0.15, 0.2) is 10.6 Å². The smallest absolute Gasteiger partial charge is 0.273 e. The van der Waals surface area contributed by atoms with E-state index >= 15 is 0 Å². The van der Waals surface area contributed by atoms with E-state index in [1.807, 2.05) is 21.0 Å². The maximum atomic E-state index is 11.6. The quantitative estimate of drug-likeness (QED) is 0.729. The standard InChI is InChI=1S/C12H21N3O2/c1-4-10-9-11(14-17-10)12(16)13-7-5-6-8-15(2)3/h9H,4-8H2,1-3H3,(H,13,16). The number of carbonyl (C=O) groups excluding carboxylic acids is 1. The van der Waals surface area contributed by atoms with Crippen LogP contribution in [0.2, 0.25) is 0 Å². The zero-order chi connectivity index (χ0) is 12.7. The number of rotatable bonds is 7. The molecule has 5 nitrogen and oxygen atoms in total. The molecule has 17 heavy (non-hydrogen) atoms. The Labute approximate surface area is 102 Å². The van der Waals surface area contributed by atoms with Crippen LogP contribution in [0.1, 0.15) is 36.0 Å². The molecular weight excluding hydrogens is 218 g/mol. The Morgan fingerprint density at radius 1 is 1.47 bits per heavy atom. The molecule has 0 aromatic carbocycles. The zero-order valence-corrected chi connectivity index (χ0v) is 10.8. The largest absolute Gasteiger partial charge is 0.361 e. The maximum absolute atomic E-state index is 11.6. The number of amides is 1. The lowest BCUT2D eigenvalue weighted by atomic mass is 10.3. The van der Waals surface area contributed by atoms with Crippen LogP contribution in [0, 0.1) is 0 Å². The highest BCUT2D eigenvalue weighted by Crippen LogP contribution is 2.03. The molecule has 1 amide bonds. The number of unbranched alkanes of at least 4 members (excludes halogenated alkanes) is 1. The highest BCUT2D eigenvalue weighted by atomic mass is 16.5. The van der Waals surface area contributed by atoms with Gasteiger partial charge in [-0.15, -0.1) is 0 Å². The molecule has 0 aliphatic carbocycles. The molecule has 0 unspecified atom stereocenters. The fourth-order valence-electron chi connectivity index (χ4n) is 1.43. The van der Waals surface area contributed by atoms with Gasteiger partial charge in [-0.2, -0.15) is 0 Å². The Morgan fingerprint density at radius 3 is 2.82 bits per heavy atom. The maximum Gasteiger partial charge on any atom is 0.273 e. The van der Waals surface area contributed by atoms with Gasteiger partial charge in [0.25, 0.3) is 5.91 Å². The molecule has 1 aromatic heterocycles. The third-order valence-electron chi connectivity index (χ3n) is 2.46. The lowest BCUT2D eigenvalue weighted by molar-refractivity contribution is 0.0943. The van der Waals surface area contributed by atoms with E-state index in [-0.39, 0.29) is 5.91 Å². The van der Waals surface area contributed by atoms with Gasteiger partial charge in [0, 0.05) is 19.0 Å². The Hall–Kier alpha value is -1.36. The molecule has 1 N–H and O–H groups in total. The lowest BCUT2D eigenvalue weighted by Gasteiger charge is -2.08. The molecule has 0 atom stereocenters. The van der Waals surface area contributed by atoms with Crippen LogP contribution in [-0.2, 0) is 6.42 Å². The van der Waals surface area contributed by atoms with Crippen molar-refractivity contribution in [2.75, 3.05) is 27.2 Å². The highest BCUT2D eigenvalue weighted by Gasteiger charge is 2.10. The molecule has 0 saturated heterocycles. The molecule has 96 valence electrons. The second-order valence-corrected chi connectivity index (χ2v) is 4.30. The fourth-order valence-corrected chi connectivity index (χ4v) is 1.43. The number of hydrogen-bond donors (Lipinski definition) is 1. The summed E-state index contributed by atoms with van der Waals surface area (Å²) in [4.78, 5) is 13.8. The van der Waals surface area contributed by atoms with E-state index in [1.54, 1.807) is 6.07 Å². The molecule has 0 saturated carbocycles. The van der Waals surface area contributed by atoms with Crippen molar-refractivity contribution in [1.29, 1.82) is 0 Å². The third-order valence-corrected chi connectivity index (χ3v) is 2.46. The summed E-state index contributed by atoms with van der Waals surface area (Å²) in [5.74, 6) is 0.584. The molecule has 1 aromatic rings. The van der Waals surface area contributed by atoms with E-state index in [2.05, 4.69) is 15.4 Å². The average Bonchev–Trinajstić information content (AvgIpc) is 2.76. The molecule has 1 rings (SSSR count). The molecule has 1 heterocycles. The number of carbonyl (C=O) groups is 1. The van der Waals surface area contributed by atoms with Gasteiger partial charge in [0.1, 0.15) is 5.76 Å². The Balaban J connectivity index is 2.21. The summed E-state index contributed by atoms with van der Waals surface area (Å²) in [6.45, 7) is 3.68. The minimum Gasteiger partial charge on any atom is -0.361 e. The van der Waals surface area contributed by atoms with Crippen molar-refractivity contribution in [2.24, 2.45) is 0 Å². The van der Waals surface area contributed by atoms with Gasteiger partial charge in [-0.1, -0.05) is 12.1 Å². The van der Waals surface area contributed by atoms with Gasteiger partial charge in [0.05, 0.1) is 0 Å². The van der Waals surface area contributed by atoms with Crippen LogP contribution in [0.3, 0.4) is 0 Å². The number of nitrogens with one attached hydrogen (secondary N) is 1. The SMILES string of the molecule is CCc1cc(C(=O)NCCCCN(C)C)no1. The van der Waals surface area contributed by atoms with Gasteiger partial charge >= 0.3 is 0 Å². The summed E-state index contributed by atoms with van der Waals surface area (Å²) in [5, 5.41) is 6.55. The summed E-state index contributed by atoms with van der Waals surface area (Å²) in [6.07, 6.45) is 2.80. The number of nitrogens with zero attached hydrogens (tertiary/aromatic N) is 2. The molecule has 0 aliphatic rings. The topological polar surface area (TPSA) is 58.4 Å². The van der Waals surface area contributed by atoms with Gasteiger partial charge in [-0.05, 0) is 33.5 Å². The van der Waals surface area contributed by atoms with Crippen LogP contribution in [0.4, 0.5) is 0 Å². The molecule has 0 bridgehead atoms. The summed E-state index contributed by atoms with van der Waals surface area (Å²) < 4.78 is 4.98. The van der Waals surface area contributed by atoms with Crippen LogP contribution < -0.4 is 5.32 Å². The Bertz CT molecular complexity index is 347. The number of aromatic nitrogens is 1. The monoisotopic (exact) mass is 239 g/mol. The fraction of sp³-hybridized carbons (Fsp3) is 0.667. The van der Waals surface area contributed by atoms with Gasteiger partial charge in [0.2, 0.25) is 0 Å². The number of aryl methyl sites for hydroxylation is 1. The first-order valence-electron chi connectivity index (χ1n) is 6.02. The first-order valence-corrected chi connectivity index (χ1v) is 6.02. The van der Waals surface area contributed by atoms with E-state index in [9.17, 15) is 4.79 Å². The van der Waals surface area contributed by atoms with Crippen molar-refractivity contribution in [3.63, 3.8) is 0 Å². The Morgan fingerprint density at radius 2 is 2.24 bits per heavy atom. The van der Waals surface area contributed by atoms with Crippen LogP contribution in [0.25, 0.3) is 0 Å². The van der Waals surface area contributed by atoms with E-state index in [4.69, 9.17) is 4.52 Å². The first kappa shape index (κ1) is 13.7. The minimum absolute atomic E-state index is 0.154. The summed E-state index contributed by atoms with van der Waals surface area (Å²) in [7, 11) is 4.08. The van der Waals surface area contributed by atoms with Crippen molar-refractivity contribution < 1.29 is 9.32 Å². The lowest BCUT2D eigenvalue weighted by Crippen LogP contribution is -2.25. The van der Waals surface area contributed by atoms with Gasteiger partial charge in [0.15, 0.2) is 5.69 Å². The summed E-state index contributed by atoms with van der Waals surface area (Å²) in [5.41, 5.74) is 0.370. The van der Waals surface area contributed by atoms with Crippen molar-refractivity contribution in [3.8, 4) is 0 Å². The van der Waals surface area contributed by atoms with Gasteiger partial charge < -0.3 is 14.7 Å². The van der Waals surface area contributed by atoms with E-state index in [0.29, 0.717) is 12.2 Å². The van der Waals surface area contributed by atoms with Crippen molar-refractivity contribution >= 4 is 5.91 Å². The second-order valence-electron chi connectivity index (χ2n) is 4.30. The van der Waals surface area contributed by atoms with Crippen LogP contribution in [0.5, 0.6) is 0 Å². The predicted molar refractivity (Wildman–Crippen MR) is 66.0 cm³/mol. The summed E-state index contributed by atoms with van der Waals surface area (Å²) >= 11 is 0. The molecular formula is C12H21N3O2. The number of hydrogen-bond acceptors (Lipinski definition) is 4. The Kier molecular flexibility index (Phi) is 5.69. The normalized spacial score (nSPS) is 10.8. The van der Waals surface area contributed by atoms with E-state index < -0.39 is 0 Å². The van der Waals surface area contributed by atoms with E-state index in [1.165, 1.54) is 0 Å². The second kappa shape index (κ2) is 7.06.